The van der Waals surface area contributed by atoms with Crippen molar-refractivity contribution >= 4 is 16.9 Å². The molecule has 122 valence electrons. The van der Waals surface area contributed by atoms with Crippen LogP contribution in [0.1, 0.15) is 28.9 Å². The Hall–Kier alpha value is -2.62. The van der Waals surface area contributed by atoms with Gasteiger partial charge in [0.25, 0.3) is 5.91 Å². The molecular weight excluding hydrogens is 298 g/mol. The summed E-state index contributed by atoms with van der Waals surface area (Å²) in [6, 6.07) is 16.3. The predicted octanol–water partition coefficient (Wildman–Crippen LogP) is 3.66. The van der Waals surface area contributed by atoms with Crippen LogP contribution in [0.25, 0.3) is 11.0 Å². The average Bonchev–Trinajstić information content (AvgIpc) is 3.07. The monoisotopic (exact) mass is 319 g/mol. The van der Waals surface area contributed by atoms with Gasteiger partial charge in [0.15, 0.2) is 0 Å². The van der Waals surface area contributed by atoms with E-state index in [-0.39, 0.29) is 5.91 Å². The molecule has 1 amide bonds. The third-order valence-corrected chi connectivity index (χ3v) is 4.89. The Kier molecular flexibility index (Phi) is 4.03. The smallest absolute Gasteiger partial charge is 0.270 e. The van der Waals surface area contributed by atoms with Gasteiger partial charge in [-0.05, 0) is 48.9 Å². The molecule has 0 bridgehead atoms. The molecule has 0 aliphatic carbocycles. The molecule has 1 aliphatic rings. The van der Waals surface area contributed by atoms with Crippen molar-refractivity contribution in [3.63, 3.8) is 0 Å². The maximum atomic E-state index is 12.7. The van der Waals surface area contributed by atoms with Gasteiger partial charge in [-0.25, -0.2) is 0 Å². The lowest BCUT2D eigenvalue weighted by Gasteiger charge is -2.31. The zero-order chi connectivity index (χ0) is 16.4. The maximum Gasteiger partial charge on any atom is 0.270 e. The number of piperidine rings is 1. The summed E-state index contributed by atoms with van der Waals surface area (Å²) in [6.07, 6.45) is 5.00. The van der Waals surface area contributed by atoms with Crippen LogP contribution in [0.2, 0.25) is 0 Å². The van der Waals surface area contributed by atoms with Crippen LogP contribution in [0.15, 0.2) is 54.7 Å². The first-order valence-electron chi connectivity index (χ1n) is 8.56. The van der Waals surface area contributed by atoms with E-state index in [2.05, 4.69) is 40.3 Å². The molecule has 1 fully saturated rings. The van der Waals surface area contributed by atoms with Gasteiger partial charge in [-0.1, -0.05) is 30.3 Å². The van der Waals surface area contributed by atoms with Gasteiger partial charge in [-0.3, -0.25) is 9.78 Å². The summed E-state index contributed by atoms with van der Waals surface area (Å²) in [7, 11) is 0. The lowest BCUT2D eigenvalue weighted by atomic mass is 9.90. The number of hydrogen-bond acceptors (Lipinski definition) is 2. The number of nitrogens with zero attached hydrogens (tertiary/aromatic N) is 2. The summed E-state index contributed by atoms with van der Waals surface area (Å²) in [5.74, 6) is 0.756. The van der Waals surface area contributed by atoms with Crippen molar-refractivity contribution in [1.29, 1.82) is 0 Å². The highest BCUT2D eigenvalue weighted by atomic mass is 16.2. The molecule has 0 radical (unpaired) electrons. The van der Waals surface area contributed by atoms with Crippen molar-refractivity contribution in [2.24, 2.45) is 5.92 Å². The second-order valence-corrected chi connectivity index (χ2v) is 6.54. The Bertz CT molecular complexity index is 799. The molecule has 2 aromatic heterocycles. The van der Waals surface area contributed by atoms with Gasteiger partial charge in [0, 0.05) is 19.3 Å². The molecule has 24 heavy (non-hydrogen) atoms. The van der Waals surface area contributed by atoms with Crippen molar-refractivity contribution in [1.82, 2.24) is 14.9 Å². The third-order valence-electron chi connectivity index (χ3n) is 4.89. The highest BCUT2D eigenvalue weighted by Crippen LogP contribution is 2.23. The largest absolute Gasteiger partial charge is 0.349 e. The van der Waals surface area contributed by atoms with Gasteiger partial charge in [-0.2, -0.15) is 0 Å². The summed E-state index contributed by atoms with van der Waals surface area (Å²) in [5, 5.41) is 0. The number of rotatable bonds is 3. The molecule has 3 heterocycles. The fourth-order valence-corrected chi connectivity index (χ4v) is 3.53. The van der Waals surface area contributed by atoms with E-state index in [4.69, 9.17) is 0 Å². The Balaban J connectivity index is 1.39. The molecule has 0 unspecified atom stereocenters. The summed E-state index contributed by atoms with van der Waals surface area (Å²) in [4.78, 5) is 22.1. The minimum Gasteiger partial charge on any atom is -0.349 e. The van der Waals surface area contributed by atoms with Crippen LogP contribution in [-0.2, 0) is 6.42 Å². The molecule has 4 nitrogen and oxygen atoms in total. The van der Waals surface area contributed by atoms with E-state index < -0.39 is 0 Å². The average molecular weight is 319 g/mol. The fourth-order valence-electron chi connectivity index (χ4n) is 3.53. The van der Waals surface area contributed by atoms with Crippen molar-refractivity contribution in [3.05, 3.63) is 66.0 Å². The molecule has 3 aromatic rings. The topological polar surface area (TPSA) is 49.0 Å². The predicted molar refractivity (Wildman–Crippen MR) is 94.9 cm³/mol. The van der Waals surface area contributed by atoms with Crippen LogP contribution in [0.3, 0.4) is 0 Å². The molecular formula is C20H21N3O. The summed E-state index contributed by atoms with van der Waals surface area (Å²) < 4.78 is 0. The van der Waals surface area contributed by atoms with Crippen LogP contribution in [0, 0.1) is 5.92 Å². The van der Waals surface area contributed by atoms with Gasteiger partial charge in [0.1, 0.15) is 5.69 Å². The first-order valence-corrected chi connectivity index (χ1v) is 8.56. The number of amides is 1. The quantitative estimate of drug-likeness (QED) is 0.801. The van der Waals surface area contributed by atoms with Gasteiger partial charge in [-0.15, -0.1) is 0 Å². The minimum absolute atomic E-state index is 0.0890. The highest BCUT2D eigenvalue weighted by molar-refractivity contribution is 5.97. The molecule has 4 rings (SSSR count). The second kappa shape index (κ2) is 6.48. The summed E-state index contributed by atoms with van der Waals surface area (Å²) >= 11 is 0. The highest BCUT2D eigenvalue weighted by Gasteiger charge is 2.24. The summed E-state index contributed by atoms with van der Waals surface area (Å²) in [5.41, 5.74) is 3.80. The molecule has 0 atom stereocenters. The van der Waals surface area contributed by atoms with Crippen LogP contribution in [0.5, 0.6) is 0 Å². The normalized spacial score (nSPS) is 15.8. The summed E-state index contributed by atoms with van der Waals surface area (Å²) in [6.45, 7) is 1.66. The van der Waals surface area contributed by atoms with Crippen LogP contribution < -0.4 is 0 Å². The lowest BCUT2D eigenvalue weighted by molar-refractivity contribution is 0.0685. The van der Waals surface area contributed by atoms with Crippen LogP contribution in [-0.4, -0.2) is 33.9 Å². The van der Waals surface area contributed by atoms with Crippen LogP contribution in [0.4, 0.5) is 0 Å². The number of aromatic nitrogens is 2. The van der Waals surface area contributed by atoms with E-state index in [9.17, 15) is 4.79 Å². The van der Waals surface area contributed by atoms with E-state index in [1.807, 2.05) is 23.1 Å². The van der Waals surface area contributed by atoms with E-state index in [0.29, 0.717) is 11.6 Å². The van der Waals surface area contributed by atoms with Crippen LogP contribution >= 0.6 is 0 Å². The SMILES string of the molecule is O=C(c1cc2ncccc2[nH]1)N1CCC(Cc2ccccc2)CC1. The Morgan fingerprint density at radius 3 is 2.67 bits per heavy atom. The Morgan fingerprint density at radius 2 is 1.92 bits per heavy atom. The number of likely N-dealkylation sites (tertiary alicyclic amines) is 1. The number of carbonyl (C=O) groups excluding carboxylic acids is 1. The van der Waals surface area contributed by atoms with Gasteiger partial charge in [0.2, 0.25) is 0 Å². The van der Waals surface area contributed by atoms with Crippen molar-refractivity contribution < 1.29 is 4.79 Å². The first kappa shape index (κ1) is 14.9. The zero-order valence-electron chi connectivity index (χ0n) is 13.6. The molecule has 4 heteroatoms. The first-order chi connectivity index (χ1) is 11.8. The van der Waals surface area contributed by atoms with Crippen molar-refractivity contribution in [2.75, 3.05) is 13.1 Å². The van der Waals surface area contributed by atoms with E-state index in [1.165, 1.54) is 5.56 Å². The third kappa shape index (κ3) is 3.04. The Morgan fingerprint density at radius 1 is 1.12 bits per heavy atom. The number of pyridine rings is 1. The Labute approximate surface area is 141 Å². The molecule has 0 spiro atoms. The number of fused-ring (bicyclic) bond motifs is 1. The second-order valence-electron chi connectivity index (χ2n) is 6.54. The fraction of sp³-hybridized carbons (Fsp3) is 0.300. The lowest BCUT2D eigenvalue weighted by Crippen LogP contribution is -2.39. The zero-order valence-corrected chi connectivity index (χ0v) is 13.6. The standard InChI is InChI=1S/C20H21N3O/c24-20(19-14-18-17(22-19)7-4-10-21-18)23-11-8-16(9-12-23)13-15-5-2-1-3-6-15/h1-7,10,14,16,22H,8-9,11-13H2. The number of H-pyrrole nitrogens is 1. The van der Waals surface area contributed by atoms with Crippen molar-refractivity contribution in [3.8, 4) is 0 Å². The van der Waals surface area contributed by atoms with Gasteiger partial charge in [0.05, 0.1) is 11.0 Å². The van der Waals surface area contributed by atoms with Crippen molar-refractivity contribution in [2.45, 2.75) is 19.3 Å². The van der Waals surface area contributed by atoms with E-state index >= 15 is 0 Å². The van der Waals surface area contributed by atoms with Gasteiger partial charge < -0.3 is 9.88 Å². The molecule has 0 saturated carbocycles. The number of carbonyl (C=O) groups is 1. The van der Waals surface area contributed by atoms with E-state index in [1.54, 1.807) is 6.20 Å². The molecule has 1 aromatic carbocycles. The minimum atomic E-state index is 0.0890. The number of nitrogens with one attached hydrogen (secondary N) is 1. The number of aromatic amines is 1. The molecule has 1 saturated heterocycles. The van der Waals surface area contributed by atoms with Gasteiger partial charge >= 0.3 is 0 Å². The molecule has 1 aliphatic heterocycles. The van der Waals surface area contributed by atoms with E-state index in [0.717, 1.165) is 43.4 Å². The number of hydrogen-bond donors (Lipinski definition) is 1. The number of benzene rings is 1. The maximum absolute atomic E-state index is 12.7. The molecule has 1 N–H and O–H groups in total.